The van der Waals surface area contributed by atoms with Crippen molar-refractivity contribution in [2.45, 2.75) is 44.2 Å². The average molecular weight is 263 g/mol. The van der Waals surface area contributed by atoms with Gasteiger partial charge in [0.25, 0.3) is 0 Å². The SMILES string of the molecule is CN(C)C(=O)O[C@@H]1CCCN2CCCC[C@H]12.Cl. The van der Waals surface area contributed by atoms with Gasteiger partial charge in [0.05, 0.1) is 0 Å². The molecule has 0 radical (unpaired) electrons. The maximum absolute atomic E-state index is 11.6. The molecule has 1 amide bonds. The van der Waals surface area contributed by atoms with Gasteiger partial charge >= 0.3 is 6.09 Å². The Kier molecular flexibility index (Phi) is 5.53. The van der Waals surface area contributed by atoms with Gasteiger partial charge in [0.1, 0.15) is 6.10 Å². The Morgan fingerprint density at radius 1 is 1.18 bits per heavy atom. The van der Waals surface area contributed by atoms with Crippen LogP contribution >= 0.6 is 12.4 Å². The number of amides is 1. The zero-order chi connectivity index (χ0) is 11.5. The normalized spacial score (nSPS) is 28.8. The molecule has 0 aromatic carbocycles. The first-order valence-electron chi connectivity index (χ1n) is 6.30. The first kappa shape index (κ1) is 14.6. The zero-order valence-corrected chi connectivity index (χ0v) is 11.5. The fourth-order valence-corrected chi connectivity index (χ4v) is 2.78. The van der Waals surface area contributed by atoms with E-state index in [1.54, 1.807) is 14.1 Å². The van der Waals surface area contributed by atoms with Crippen LogP contribution < -0.4 is 0 Å². The van der Waals surface area contributed by atoms with Crippen LogP contribution in [0.15, 0.2) is 0 Å². The molecule has 2 heterocycles. The van der Waals surface area contributed by atoms with Crippen molar-refractivity contribution in [2.75, 3.05) is 27.2 Å². The molecule has 0 N–H and O–H groups in total. The lowest BCUT2D eigenvalue weighted by atomic mass is 9.91. The quantitative estimate of drug-likeness (QED) is 0.726. The number of hydrogen-bond donors (Lipinski definition) is 0. The molecule has 2 aliphatic heterocycles. The number of carbonyl (C=O) groups excluding carboxylic acids is 1. The van der Waals surface area contributed by atoms with Crippen LogP contribution in [0.4, 0.5) is 4.79 Å². The summed E-state index contributed by atoms with van der Waals surface area (Å²) in [6.45, 7) is 2.36. The molecule has 0 aromatic heterocycles. The van der Waals surface area contributed by atoms with E-state index in [1.165, 1.54) is 37.3 Å². The molecule has 2 atom stereocenters. The van der Waals surface area contributed by atoms with E-state index in [2.05, 4.69) is 4.90 Å². The number of hydrogen-bond acceptors (Lipinski definition) is 3. The molecule has 17 heavy (non-hydrogen) atoms. The predicted octanol–water partition coefficient (Wildman–Crippen LogP) is 2.12. The van der Waals surface area contributed by atoms with Gasteiger partial charge in [0, 0.05) is 20.1 Å². The molecule has 0 bridgehead atoms. The second kappa shape index (κ2) is 6.45. The number of rotatable bonds is 1. The van der Waals surface area contributed by atoms with Crippen molar-refractivity contribution in [3.05, 3.63) is 0 Å². The average Bonchev–Trinajstić information content (AvgIpc) is 2.29. The lowest BCUT2D eigenvalue weighted by Crippen LogP contribution is -2.52. The van der Waals surface area contributed by atoms with E-state index in [0.717, 1.165) is 12.8 Å². The molecule has 2 fully saturated rings. The lowest BCUT2D eigenvalue weighted by molar-refractivity contribution is -0.0275. The fourth-order valence-electron chi connectivity index (χ4n) is 2.78. The van der Waals surface area contributed by atoms with Crippen molar-refractivity contribution in [1.82, 2.24) is 9.80 Å². The second-order valence-corrected chi connectivity index (χ2v) is 5.06. The molecule has 4 nitrogen and oxygen atoms in total. The summed E-state index contributed by atoms with van der Waals surface area (Å²) in [5.74, 6) is 0. The summed E-state index contributed by atoms with van der Waals surface area (Å²) in [4.78, 5) is 15.6. The molecular weight excluding hydrogens is 240 g/mol. The highest BCUT2D eigenvalue weighted by Gasteiger charge is 2.35. The van der Waals surface area contributed by atoms with E-state index < -0.39 is 0 Å². The molecule has 2 aliphatic rings. The van der Waals surface area contributed by atoms with Crippen LogP contribution in [-0.4, -0.2) is 55.2 Å². The molecule has 0 saturated carbocycles. The van der Waals surface area contributed by atoms with Crippen molar-refractivity contribution in [3.63, 3.8) is 0 Å². The third kappa shape index (κ3) is 3.49. The Hall–Kier alpha value is -0.480. The molecule has 5 heteroatoms. The lowest BCUT2D eigenvalue weighted by Gasteiger charge is -2.43. The van der Waals surface area contributed by atoms with E-state index in [1.807, 2.05) is 0 Å². The highest BCUT2D eigenvalue weighted by atomic mass is 35.5. The van der Waals surface area contributed by atoms with Crippen LogP contribution in [0.5, 0.6) is 0 Å². The number of halogens is 1. The van der Waals surface area contributed by atoms with E-state index in [-0.39, 0.29) is 24.6 Å². The largest absolute Gasteiger partial charge is 0.444 e. The first-order valence-corrected chi connectivity index (χ1v) is 6.30. The number of nitrogens with zero attached hydrogens (tertiary/aromatic N) is 2. The van der Waals surface area contributed by atoms with Crippen molar-refractivity contribution in [2.24, 2.45) is 0 Å². The van der Waals surface area contributed by atoms with Crippen LogP contribution in [-0.2, 0) is 4.74 Å². The Balaban J connectivity index is 0.00000144. The second-order valence-electron chi connectivity index (χ2n) is 5.06. The van der Waals surface area contributed by atoms with Gasteiger partial charge in [-0.25, -0.2) is 4.79 Å². The maximum atomic E-state index is 11.6. The fraction of sp³-hybridized carbons (Fsp3) is 0.917. The minimum absolute atomic E-state index is 0. The number of ether oxygens (including phenoxy) is 1. The van der Waals surface area contributed by atoms with Crippen LogP contribution in [0.3, 0.4) is 0 Å². The summed E-state index contributed by atoms with van der Waals surface area (Å²) in [5, 5.41) is 0. The maximum Gasteiger partial charge on any atom is 0.409 e. The summed E-state index contributed by atoms with van der Waals surface area (Å²) in [6, 6.07) is 0.478. The molecular formula is C12H23ClN2O2. The third-order valence-electron chi connectivity index (χ3n) is 3.64. The molecule has 0 unspecified atom stereocenters. The van der Waals surface area contributed by atoms with Gasteiger partial charge in [-0.3, -0.25) is 4.90 Å². The molecule has 2 rings (SSSR count). The number of fused-ring (bicyclic) bond motifs is 1. The van der Waals surface area contributed by atoms with Crippen LogP contribution in [0.2, 0.25) is 0 Å². The van der Waals surface area contributed by atoms with Gasteiger partial charge in [-0.15, -0.1) is 12.4 Å². The van der Waals surface area contributed by atoms with E-state index >= 15 is 0 Å². The molecule has 2 saturated heterocycles. The van der Waals surface area contributed by atoms with Gasteiger partial charge in [-0.05, 0) is 38.8 Å². The summed E-state index contributed by atoms with van der Waals surface area (Å²) < 4.78 is 5.57. The first-order chi connectivity index (χ1) is 7.68. The van der Waals surface area contributed by atoms with Crippen molar-refractivity contribution >= 4 is 18.5 Å². The van der Waals surface area contributed by atoms with E-state index in [0.29, 0.717) is 6.04 Å². The molecule has 0 aliphatic carbocycles. The van der Waals surface area contributed by atoms with Crippen molar-refractivity contribution in [1.29, 1.82) is 0 Å². The van der Waals surface area contributed by atoms with Crippen molar-refractivity contribution in [3.8, 4) is 0 Å². The molecule has 0 aromatic rings. The monoisotopic (exact) mass is 262 g/mol. The van der Waals surface area contributed by atoms with E-state index in [9.17, 15) is 4.79 Å². The Morgan fingerprint density at radius 3 is 2.59 bits per heavy atom. The Bertz CT molecular complexity index is 259. The van der Waals surface area contributed by atoms with Crippen LogP contribution in [0.1, 0.15) is 32.1 Å². The predicted molar refractivity (Wildman–Crippen MR) is 69.7 cm³/mol. The van der Waals surface area contributed by atoms with Crippen LogP contribution in [0.25, 0.3) is 0 Å². The highest BCUT2D eigenvalue weighted by molar-refractivity contribution is 5.85. The summed E-state index contributed by atoms with van der Waals surface area (Å²) in [5.41, 5.74) is 0. The highest BCUT2D eigenvalue weighted by Crippen LogP contribution is 2.28. The van der Waals surface area contributed by atoms with Gasteiger partial charge in [0.15, 0.2) is 0 Å². The topological polar surface area (TPSA) is 32.8 Å². The van der Waals surface area contributed by atoms with Gasteiger partial charge in [0.2, 0.25) is 0 Å². The van der Waals surface area contributed by atoms with Gasteiger partial charge < -0.3 is 9.64 Å². The number of carbonyl (C=O) groups is 1. The van der Waals surface area contributed by atoms with Crippen molar-refractivity contribution < 1.29 is 9.53 Å². The summed E-state index contributed by atoms with van der Waals surface area (Å²) >= 11 is 0. The summed E-state index contributed by atoms with van der Waals surface area (Å²) in [7, 11) is 3.48. The zero-order valence-electron chi connectivity index (χ0n) is 10.7. The molecule has 0 spiro atoms. The number of piperidine rings is 2. The standard InChI is InChI=1S/C12H22N2O2.ClH/c1-13(2)12(15)16-11-7-5-9-14-8-4-3-6-10(11)14;/h10-11H,3-9H2,1-2H3;1H/t10-,11-;/m1./s1. The summed E-state index contributed by atoms with van der Waals surface area (Å²) in [6.07, 6.45) is 5.86. The molecule has 100 valence electrons. The van der Waals surface area contributed by atoms with Gasteiger partial charge in [-0.2, -0.15) is 0 Å². The van der Waals surface area contributed by atoms with Crippen LogP contribution in [0, 0.1) is 0 Å². The van der Waals surface area contributed by atoms with E-state index in [4.69, 9.17) is 4.74 Å². The third-order valence-corrected chi connectivity index (χ3v) is 3.64. The van der Waals surface area contributed by atoms with Gasteiger partial charge in [-0.1, -0.05) is 6.42 Å². The minimum atomic E-state index is -0.197. The smallest absolute Gasteiger partial charge is 0.409 e. The Labute approximate surface area is 110 Å². The Morgan fingerprint density at radius 2 is 1.88 bits per heavy atom. The minimum Gasteiger partial charge on any atom is -0.444 e.